The lowest BCUT2D eigenvalue weighted by atomic mass is 10.5. The van der Waals surface area contributed by atoms with E-state index in [1.54, 1.807) is 0 Å². The summed E-state index contributed by atoms with van der Waals surface area (Å²) in [5, 5.41) is 0. The van der Waals surface area contributed by atoms with Crippen molar-refractivity contribution in [3.63, 3.8) is 0 Å². The van der Waals surface area contributed by atoms with Gasteiger partial charge in [-0.2, -0.15) is 4.31 Å². The van der Waals surface area contributed by atoms with Gasteiger partial charge in [-0.25, -0.2) is 8.42 Å². The van der Waals surface area contributed by atoms with Crippen LogP contribution in [0.5, 0.6) is 0 Å². The Labute approximate surface area is 69.7 Å². The van der Waals surface area contributed by atoms with Crippen molar-refractivity contribution in [2.24, 2.45) is 4.52 Å². The van der Waals surface area contributed by atoms with Gasteiger partial charge in [0.15, 0.2) is 0 Å². The van der Waals surface area contributed by atoms with E-state index in [4.69, 9.17) is 10.3 Å². The summed E-state index contributed by atoms with van der Waals surface area (Å²) in [6, 6.07) is 0. The number of ether oxygens (including phenoxy) is 1. The number of azide groups is 1. The highest BCUT2D eigenvalue weighted by Crippen LogP contribution is 2.06. The minimum absolute atomic E-state index is 0.251. The van der Waals surface area contributed by atoms with Crippen LogP contribution < -0.4 is 0 Å². The molecule has 0 atom stereocenters. The van der Waals surface area contributed by atoms with Crippen LogP contribution in [0, 0.1) is 0 Å². The molecule has 8 heteroatoms. The van der Waals surface area contributed by atoms with Gasteiger partial charge in [-0.3, -0.25) is 0 Å². The van der Waals surface area contributed by atoms with Gasteiger partial charge >= 0.3 is 10.2 Å². The van der Waals surface area contributed by atoms with E-state index < -0.39 is 10.2 Å². The zero-order valence-corrected chi connectivity index (χ0v) is 7.07. The van der Waals surface area contributed by atoms with Gasteiger partial charge in [0.2, 0.25) is 0 Å². The molecule has 0 aromatic heterocycles. The molecule has 0 unspecified atom stereocenters. The summed E-state index contributed by atoms with van der Waals surface area (Å²) in [7, 11) is -3.77. The van der Waals surface area contributed by atoms with Gasteiger partial charge in [-0.05, 0) is 5.53 Å². The standard InChI is InChI=1S/C4H8N4O3S/c5-6-7-12(9,10)8-1-3-11-4-2-8/h1-4H2. The van der Waals surface area contributed by atoms with Crippen molar-refractivity contribution < 1.29 is 13.2 Å². The highest BCUT2D eigenvalue weighted by Gasteiger charge is 2.22. The number of hydrogen-bond donors (Lipinski definition) is 0. The second kappa shape index (κ2) is 3.72. The van der Waals surface area contributed by atoms with Crippen molar-refractivity contribution in [1.29, 1.82) is 0 Å². The molecule has 0 aromatic rings. The van der Waals surface area contributed by atoms with Crippen LogP contribution in [0.25, 0.3) is 10.4 Å². The molecule has 0 bridgehead atoms. The predicted octanol–water partition coefficient (Wildman–Crippen LogP) is -0.126. The Bertz CT molecular complexity index is 287. The quantitative estimate of drug-likeness (QED) is 0.346. The second-order valence-electron chi connectivity index (χ2n) is 2.16. The van der Waals surface area contributed by atoms with E-state index in [2.05, 4.69) is 9.43 Å². The van der Waals surface area contributed by atoms with Gasteiger partial charge in [0.1, 0.15) is 0 Å². The molecule has 1 aliphatic rings. The molecule has 1 heterocycles. The Morgan fingerprint density at radius 3 is 2.50 bits per heavy atom. The Kier molecular flexibility index (Phi) is 2.88. The molecule has 1 rings (SSSR count). The van der Waals surface area contributed by atoms with E-state index in [0.717, 1.165) is 4.31 Å². The topological polar surface area (TPSA) is 95.4 Å². The van der Waals surface area contributed by atoms with E-state index in [-0.39, 0.29) is 13.1 Å². The van der Waals surface area contributed by atoms with Crippen LogP contribution in [0.3, 0.4) is 0 Å². The van der Waals surface area contributed by atoms with Crippen molar-refractivity contribution in [2.45, 2.75) is 0 Å². The minimum atomic E-state index is -3.77. The van der Waals surface area contributed by atoms with Crippen LogP contribution in [0.4, 0.5) is 0 Å². The van der Waals surface area contributed by atoms with Gasteiger partial charge in [-0.1, -0.05) is 0 Å². The highest BCUT2D eigenvalue weighted by atomic mass is 32.2. The van der Waals surface area contributed by atoms with Crippen LogP contribution in [-0.4, -0.2) is 39.0 Å². The first-order valence-corrected chi connectivity index (χ1v) is 4.71. The third-order valence-corrected chi connectivity index (χ3v) is 2.73. The molecule has 0 spiro atoms. The summed E-state index contributed by atoms with van der Waals surface area (Å²) in [5.41, 5.74) is 7.95. The molecule has 1 saturated heterocycles. The average molecular weight is 192 g/mol. The maximum absolute atomic E-state index is 11.0. The molecular formula is C4H8N4O3S. The average Bonchev–Trinajstić information content (AvgIpc) is 2.06. The van der Waals surface area contributed by atoms with Crippen LogP contribution >= 0.6 is 0 Å². The molecule has 0 radical (unpaired) electrons. The van der Waals surface area contributed by atoms with Crippen molar-refractivity contribution in [1.82, 2.24) is 4.31 Å². The molecule has 1 fully saturated rings. The SMILES string of the molecule is [N-]=[N+]=NS(=O)(=O)N1CCOCC1. The molecular weight excluding hydrogens is 184 g/mol. The Morgan fingerprint density at radius 2 is 2.00 bits per heavy atom. The monoisotopic (exact) mass is 192 g/mol. The Hall–Kier alpha value is -0.820. The van der Waals surface area contributed by atoms with Crippen LogP contribution in [-0.2, 0) is 14.9 Å². The van der Waals surface area contributed by atoms with Gasteiger partial charge < -0.3 is 4.74 Å². The summed E-state index contributed by atoms with van der Waals surface area (Å²) < 4.78 is 30.8. The fourth-order valence-corrected chi connectivity index (χ4v) is 1.68. The second-order valence-corrected chi connectivity index (χ2v) is 3.74. The van der Waals surface area contributed by atoms with E-state index >= 15 is 0 Å². The zero-order valence-electron chi connectivity index (χ0n) is 6.25. The summed E-state index contributed by atoms with van der Waals surface area (Å²) in [4.78, 5) is 2.24. The first-order chi connectivity index (χ1) is 5.67. The zero-order chi connectivity index (χ0) is 9.03. The van der Waals surface area contributed by atoms with Crippen LogP contribution in [0.15, 0.2) is 4.52 Å². The van der Waals surface area contributed by atoms with Crippen molar-refractivity contribution >= 4 is 10.2 Å². The van der Waals surface area contributed by atoms with E-state index in [1.165, 1.54) is 0 Å². The number of hydrogen-bond acceptors (Lipinski definition) is 3. The Morgan fingerprint density at radius 1 is 1.42 bits per heavy atom. The summed E-state index contributed by atoms with van der Waals surface area (Å²) in [6.07, 6.45) is 0. The third kappa shape index (κ3) is 2.08. The maximum Gasteiger partial charge on any atom is 0.302 e. The normalized spacial score (nSPS) is 20.0. The van der Waals surface area contributed by atoms with E-state index in [1.807, 2.05) is 0 Å². The molecule has 0 aliphatic carbocycles. The number of nitrogens with zero attached hydrogens (tertiary/aromatic N) is 4. The number of morpholine rings is 1. The summed E-state index contributed by atoms with van der Waals surface area (Å²) in [5.74, 6) is 0. The lowest BCUT2D eigenvalue weighted by molar-refractivity contribution is 0.0730. The fourth-order valence-electron chi connectivity index (χ4n) is 0.875. The van der Waals surface area contributed by atoms with E-state index in [9.17, 15) is 8.42 Å². The molecule has 7 nitrogen and oxygen atoms in total. The fraction of sp³-hybridized carbons (Fsp3) is 1.00. The van der Waals surface area contributed by atoms with Crippen LogP contribution in [0.2, 0.25) is 0 Å². The van der Waals surface area contributed by atoms with Crippen molar-refractivity contribution in [2.75, 3.05) is 26.3 Å². The molecule has 0 N–H and O–H groups in total. The molecule has 0 amide bonds. The summed E-state index contributed by atoms with van der Waals surface area (Å²) in [6.45, 7) is 1.20. The first-order valence-electron chi connectivity index (χ1n) is 3.31. The van der Waals surface area contributed by atoms with Gasteiger partial charge in [-0.15, -0.1) is 0 Å². The Balaban J connectivity index is 2.73. The minimum Gasteiger partial charge on any atom is -0.379 e. The third-order valence-electron chi connectivity index (χ3n) is 1.44. The predicted molar refractivity (Wildman–Crippen MR) is 40.5 cm³/mol. The highest BCUT2D eigenvalue weighted by molar-refractivity contribution is 7.87. The molecule has 1 aliphatic heterocycles. The smallest absolute Gasteiger partial charge is 0.302 e. The maximum atomic E-state index is 11.0. The molecule has 0 aromatic carbocycles. The van der Waals surface area contributed by atoms with E-state index in [0.29, 0.717) is 13.2 Å². The van der Waals surface area contributed by atoms with Crippen molar-refractivity contribution in [3.05, 3.63) is 10.4 Å². The first kappa shape index (κ1) is 9.27. The van der Waals surface area contributed by atoms with Crippen molar-refractivity contribution in [3.8, 4) is 0 Å². The number of rotatable bonds is 2. The lowest BCUT2D eigenvalue weighted by Crippen LogP contribution is -2.39. The van der Waals surface area contributed by atoms with Crippen LogP contribution in [0.1, 0.15) is 0 Å². The van der Waals surface area contributed by atoms with Gasteiger partial charge in [0.05, 0.1) is 13.2 Å². The largest absolute Gasteiger partial charge is 0.379 e. The molecule has 0 saturated carbocycles. The lowest BCUT2D eigenvalue weighted by Gasteiger charge is -2.23. The van der Waals surface area contributed by atoms with Gasteiger partial charge in [0, 0.05) is 22.5 Å². The molecule has 68 valence electrons. The van der Waals surface area contributed by atoms with Gasteiger partial charge in [0.25, 0.3) is 0 Å². The summed E-state index contributed by atoms with van der Waals surface area (Å²) >= 11 is 0. The molecule has 12 heavy (non-hydrogen) atoms.